The molecule has 0 amide bonds. The molecule has 1 spiro atoms. The zero-order valence-corrected chi connectivity index (χ0v) is 22.0. The largest absolute Gasteiger partial charge is 0.457 e. The highest BCUT2D eigenvalue weighted by molar-refractivity contribution is 5.86. The predicted octanol–water partition coefficient (Wildman–Crippen LogP) is 4.93. The second kappa shape index (κ2) is 7.64. The predicted molar refractivity (Wildman–Crippen MR) is 130 cm³/mol. The molecule has 0 aromatic heterocycles. The second-order valence-electron chi connectivity index (χ2n) is 12.9. The van der Waals surface area contributed by atoms with Crippen molar-refractivity contribution in [3.63, 3.8) is 0 Å². The molecule has 4 aliphatic carbocycles. The molecule has 0 bridgehead atoms. The highest BCUT2D eigenvalue weighted by Crippen LogP contribution is 2.75. The number of rotatable bonds is 4. The summed E-state index contributed by atoms with van der Waals surface area (Å²) in [7, 11) is 0. The van der Waals surface area contributed by atoms with Crippen LogP contribution >= 0.6 is 0 Å². The van der Waals surface area contributed by atoms with Gasteiger partial charge in [-0.1, -0.05) is 26.0 Å². The van der Waals surface area contributed by atoms with Crippen LogP contribution in [0.5, 0.6) is 0 Å². The van der Waals surface area contributed by atoms with Gasteiger partial charge in [0.05, 0.1) is 11.5 Å². The number of esters is 2. The van der Waals surface area contributed by atoms with Gasteiger partial charge >= 0.3 is 11.9 Å². The Labute approximate surface area is 208 Å². The Morgan fingerprint density at radius 3 is 2.54 bits per heavy atom. The molecular weight excluding hydrogens is 444 g/mol. The van der Waals surface area contributed by atoms with Crippen molar-refractivity contribution in [1.82, 2.24) is 0 Å². The average molecular weight is 483 g/mol. The number of epoxide rings is 1. The Kier molecular flexibility index (Phi) is 5.35. The molecule has 6 nitrogen and oxygen atoms in total. The Morgan fingerprint density at radius 2 is 1.89 bits per heavy atom. The summed E-state index contributed by atoms with van der Waals surface area (Å²) < 4.78 is 17.4. The van der Waals surface area contributed by atoms with Crippen LogP contribution in [-0.2, 0) is 28.6 Å². The zero-order chi connectivity index (χ0) is 25.6. The summed E-state index contributed by atoms with van der Waals surface area (Å²) in [5.74, 6) is 0.700. The van der Waals surface area contributed by atoms with Crippen LogP contribution < -0.4 is 0 Å². The minimum Gasteiger partial charge on any atom is -0.457 e. The van der Waals surface area contributed by atoms with E-state index in [-0.39, 0.29) is 58.7 Å². The maximum Gasteiger partial charge on any atom is 0.311 e. The molecule has 190 valence electrons. The first-order chi connectivity index (χ1) is 16.2. The summed E-state index contributed by atoms with van der Waals surface area (Å²) in [5.41, 5.74) is -0.241. The number of allylic oxidation sites excluding steroid dienone is 3. The lowest BCUT2D eigenvalue weighted by Gasteiger charge is -2.53. The molecule has 35 heavy (non-hydrogen) atoms. The summed E-state index contributed by atoms with van der Waals surface area (Å²) in [5, 5.41) is 0. The van der Waals surface area contributed by atoms with E-state index >= 15 is 0 Å². The zero-order valence-electron chi connectivity index (χ0n) is 22.0. The van der Waals surface area contributed by atoms with Crippen molar-refractivity contribution < 1.29 is 28.6 Å². The lowest BCUT2D eigenvalue weighted by molar-refractivity contribution is -0.158. The van der Waals surface area contributed by atoms with Gasteiger partial charge in [-0.05, 0) is 87.9 Å². The number of fused-ring (bicyclic) bond motifs is 3. The van der Waals surface area contributed by atoms with E-state index < -0.39 is 5.41 Å². The normalized spacial score (nSPS) is 43.0. The third-order valence-electron chi connectivity index (χ3n) is 9.62. The Bertz CT molecular complexity index is 1080. The van der Waals surface area contributed by atoms with E-state index in [2.05, 4.69) is 32.9 Å². The molecule has 0 aromatic carbocycles. The molecular formula is C29H38O6. The van der Waals surface area contributed by atoms with Gasteiger partial charge in [0.1, 0.15) is 18.0 Å². The van der Waals surface area contributed by atoms with E-state index in [0.717, 1.165) is 24.8 Å². The van der Waals surface area contributed by atoms with Gasteiger partial charge < -0.3 is 14.2 Å². The first-order valence-electron chi connectivity index (χ1n) is 12.9. The van der Waals surface area contributed by atoms with Crippen LogP contribution in [0.15, 0.2) is 35.6 Å². The molecule has 3 fully saturated rings. The lowest BCUT2D eigenvalue weighted by atomic mass is 9.48. The summed E-state index contributed by atoms with van der Waals surface area (Å²) in [6, 6.07) is 0. The number of carbonyl (C=O) groups is 3. The number of carbonyl (C=O) groups excluding carboxylic acids is 3. The van der Waals surface area contributed by atoms with Crippen molar-refractivity contribution >= 4 is 17.7 Å². The SMILES string of the molecule is CC(=O)OC1=CC2=CC[C@H]3[C@@H]4C[C@@H](C)[C@H](C(=O)COC(=O)C(C)(C)C)[C@@]4(C)C[C@@H]4O[C@@]43[C@@]2(C)C=C1. The molecule has 6 heteroatoms. The first-order valence-corrected chi connectivity index (χ1v) is 12.9. The topological polar surface area (TPSA) is 82.2 Å². The molecule has 0 aromatic rings. The van der Waals surface area contributed by atoms with E-state index in [1.54, 1.807) is 20.8 Å². The van der Waals surface area contributed by atoms with Crippen LogP contribution in [0.1, 0.15) is 67.7 Å². The van der Waals surface area contributed by atoms with Gasteiger partial charge in [-0.2, -0.15) is 0 Å². The number of hydrogen-bond acceptors (Lipinski definition) is 6. The maximum absolute atomic E-state index is 13.5. The lowest BCUT2D eigenvalue weighted by Crippen LogP contribution is -2.56. The number of ketones is 1. The molecule has 5 rings (SSSR count). The van der Waals surface area contributed by atoms with Crippen LogP contribution in [0.4, 0.5) is 0 Å². The van der Waals surface area contributed by atoms with E-state index in [9.17, 15) is 14.4 Å². The summed E-state index contributed by atoms with van der Waals surface area (Å²) in [6.45, 7) is 13.3. The van der Waals surface area contributed by atoms with E-state index in [0.29, 0.717) is 17.6 Å². The quantitative estimate of drug-likeness (QED) is 0.417. The number of Topliss-reactive ketones (excluding diaryl/α,β-unsaturated/α-hetero) is 1. The third kappa shape index (κ3) is 3.42. The smallest absolute Gasteiger partial charge is 0.311 e. The summed E-state index contributed by atoms with van der Waals surface area (Å²) >= 11 is 0. The molecule has 1 aliphatic heterocycles. The van der Waals surface area contributed by atoms with E-state index in [1.165, 1.54) is 6.92 Å². The van der Waals surface area contributed by atoms with Crippen LogP contribution in [0.2, 0.25) is 0 Å². The highest BCUT2D eigenvalue weighted by Gasteiger charge is 2.79. The fraction of sp³-hybridized carbons (Fsp3) is 0.690. The van der Waals surface area contributed by atoms with Gasteiger partial charge in [0.2, 0.25) is 0 Å². The van der Waals surface area contributed by atoms with Crippen LogP contribution in [0.3, 0.4) is 0 Å². The van der Waals surface area contributed by atoms with Gasteiger partial charge in [-0.25, -0.2) is 0 Å². The molecule has 0 radical (unpaired) electrons. The fourth-order valence-corrected chi connectivity index (χ4v) is 8.12. The van der Waals surface area contributed by atoms with Gasteiger partial charge in [0, 0.05) is 18.3 Å². The maximum atomic E-state index is 13.5. The van der Waals surface area contributed by atoms with Crippen molar-refractivity contribution in [2.45, 2.75) is 79.4 Å². The molecule has 8 atom stereocenters. The van der Waals surface area contributed by atoms with Gasteiger partial charge in [-0.15, -0.1) is 0 Å². The van der Waals surface area contributed by atoms with Crippen LogP contribution in [0, 0.1) is 39.9 Å². The van der Waals surface area contributed by atoms with Crippen LogP contribution in [0.25, 0.3) is 0 Å². The summed E-state index contributed by atoms with van der Waals surface area (Å²) in [6.07, 6.45) is 11.1. The highest BCUT2D eigenvalue weighted by atomic mass is 16.6. The molecule has 0 N–H and O–H groups in total. The first kappa shape index (κ1) is 24.5. The van der Waals surface area contributed by atoms with E-state index in [4.69, 9.17) is 14.2 Å². The number of hydrogen-bond donors (Lipinski definition) is 0. The summed E-state index contributed by atoms with van der Waals surface area (Å²) in [4.78, 5) is 37.2. The second-order valence-corrected chi connectivity index (χ2v) is 12.9. The molecule has 1 heterocycles. The van der Waals surface area contributed by atoms with Crippen molar-refractivity contribution in [2.24, 2.45) is 39.9 Å². The Morgan fingerprint density at radius 1 is 1.17 bits per heavy atom. The molecule has 2 saturated carbocycles. The average Bonchev–Trinajstić information content (AvgIpc) is 3.39. The Hall–Kier alpha value is -2.21. The van der Waals surface area contributed by atoms with Crippen molar-refractivity contribution in [1.29, 1.82) is 0 Å². The minimum atomic E-state index is -0.626. The van der Waals surface area contributed by atoms with Crippen molar-refractivity contribution in [3.8, 4) is 0 Å². The fourth-order valence-electron chi connectivity index (χ4n) is 8.12. The minimum absolute atomic E-state index is 0.0398. The Balaban J connectivity index is 1.41. The van der Waals surface area contributed by atoms with Crippen molar-refractivity contribution in [3.05, 3.63) is 35.6 Å². The molecule has 5 aliphatic rings. The van der Waals surface area contributed by atoms with Crippen LogP contribution in [-0.4, -0.2) is 36.0 Å². The molecule has 0 unspecified atom stereocenters. The monoisotopic (exact) mass is 482 g/mol. The van der Waals surface area contributed by atoms with Gasteiger partial charge in [0.15, 0.2) is 5.78 Å². The van der Waals surface area contributed by atoms with Gasteiger partial charge in [0.25, 0.3) is 0 Å². The van der Waals surface area contributed by atoms with E-state index in [1.807, 2.05) is 12.2 Å². The third-order valence-corrected chi connectivity index (χ3v) is 9.62. The molecule has 1 saturated heterocycles. The van der Waals surface area contributed by atoms with Crippen molar-refractivity contribution in [2.75, 3.05) is 6.61 Å². The standard InChI is InChI=1S/C29H38O6/c1-16-12-21-20-9-8-18-13-19(34-17(2)30)10-11-28(18,7)29(20)23(35-29)14-27(21,6)24(16)22(31)15-33-25(32)26(3,4)5/h8,10-11,13,16,20-21,23-24H,9,12,14-15H2,1-7H3/t16-,20+,21+,23+,24-,27+,28+,29-/m1/s1. The number of ether oxygens (including phenoxy) is 3. The van der Waals surface area contributed by atoms with Gasteiger partial charge in [-0.3, -0.25) is 14.4 Å².